The lowest BCUT2D eigenvalue weighted by Crippen LogP contribution is -2.68. The highest BCUT2D eigenvalue weighted by atomic mass is 16.4. The Morgan fingerprint density at radius 2 is 2.00 bits per heavy atom. The van der Waals surface area contributed by atoms with Gasteiger partial charge < -0.3 is 5.11 Å². The number of rotatable bonds is 2. The second-order valence-electron chi connectivity index (χ2n) is 5.89. The van der Waals surface area contributed by atoms with Crippen molar-refractivity contribution >= 4 is 16.9 Å². The fourth-order valence-electron chi connectivity index (χ4n) is 4.04. The molecule has 92 valence electrons. The molecule has 1 aromatic carbocycles. The summed E-state index contributed by atoms with van der Waals surface area (Å²) >= 11 is 0. The first kappa shape index (κ1) is 10.1. The van der Waals surface area contributed by atoms with Crippen LogP contribution in [0.5, 0.6) is 0 Å². The van der Waals surface area contributed by atoms with Crippen molar-refractivity contribution in [1.82, 2.24) is 9.78 Å². The van der Waals surface area contributed by atoms with E-state index in [2.05, 4.69) is 11.2 Å². The summed E-state index contributed by atoms with van der Waals surface area (Å²) < 4.78 is 1.94. The minimum atomic E-state index is -0.629. The minimum absolute atomic E-state index is 0.0727. The molecule has 4 nitrogen and oxygen atoms in total. The van der Waals surface area contributed by atoms with Gasteiger partial charge in [0.05, 0.1) is 16.6 Å². The van der Waals surface area contributed by atoms with Gasteiger partial charge >= 0.3 is 5.97 Å². The van der Waals surface area contributed by atoms with Crippen LogP contribution in [-0.2, 0) is 17.3 Å². The summed E-state index contributed by atoms with van der Waals surface area (Å²) in [7, 11) is 1.96. The predicted octanol–water partition coefficient (Wildman–Crippen LogP) is 2.08. The third-order valence-electron chi connectivity index (χ3n) is 4.73. The van der Waals surface area contributed by atoms with E-state index in [0.29, 0.717) is 0 Å². The van der Waals surface area contributed by atoms with E-state index in [9.17, 15) is 9.90 Å². The Labute approximate surface area is 104 Å². The molecule has 18 heavy (non-hydrogen) atoms. The molecule has 3 aliphatic rings. The average molecular weight is 242 g/mol. The molecule has 5 rings (SSSR count). The second kappa shape index (κ2) is 2.76. The van der Waals surface area contributed by atoms with Crippen molar-refractivity contribution in [3.05, 3.63) is 30.0 Å². The van der Waals surface area contributed by atoms with Crippen molar-refractivity contribution in [1.29, 1.82) is 0 Å². The minimum Gasteiger partial charge on any atom is -0.481 e. The lowest BCUT2D eigenvalue weighted by molar-refractivity contribution is -0.195. The molecule has 0 radical (unpaired) electrons. The molecule has 1 N–H and O–H groups in total. The summed E-state index contributed by atoms with van der Waals surface area (Å²) in [5, 5.41) is 14.9. The molecule has 3 fully saturated rings. The normalized spacial score (nSPS) is 32.9. The van der Waals surface area contributed by atoms with Crippen molar-refractivity contribution in [3.8, 4) is 0 Å². The number of nitrogens with zero attached hydrogens (tertiary/aromatic N) is 2. The van der Waals surface area contributed by atoms with Gasteiger partial charge in [0.1, 0.15) is 0 Å². The second-order valence-corrected chi connectivity index (χ2v) is 5.89. The predicted molar refractivity (Wildman–Crippen MR) is 66.3 cm³/mol. The molecule has 3 aliphatic carbocycles. The number of aryl methyl sites for hydroxylation is 1. The molecule has 0 unspecified atom stereocenters. The third-order valence-corrected chi connectivity index (χ3v) is 4.73. The van der Waals surface area contributed by atoms with Crippen molar-refractivity contribution < 1.29 is 9.90 Å². The van der Waals surface area contributed by atoms with E-state index in [1.165, 1.54) is 11.1 Å². The quantitative estimate of drug-likeness (QED) is 0.877. The van der Waals surface area contributed by atoms with Crippen LogP contribution in [0.25, 0.3) is 10.9 Å². The van der Waals surface area contributed by atoms with Crippen LogP contribution in [0.2, 0.25) is 0 Å². The molecule has 0 saturated heterocycles. The van der Waals surface area contributed by atoms with E-state index >= 15 is 0 Å². The van der Waals surface area contributed by atoms with Gasteiger partial charge in [0.25, 0.3) is 0 Å². The van der Waals surface area contributed by atoms with Crippen molar-refractivity contribution in [2.45, 2.75) is 24.7 Å². The van der Waals surface area contributed by atoms with Gasteiger partial charge in [-0.25, -0.2) is 0 Å². The fourth-order valence-corrected chi connectivity index (χ4v) is 4.04. The van der Waals surface area contributed by atoms with Gasteiger partial charge in [-0.05, 0) is 25.3 Å². The molecule has 3 saturated carbocycles. The SMILES string of the molecule is Cn1nc2ccccc2c1C12CC(C(=O)O)(C1)C2. The van der Waals surface area contributed by atoms with Crippen molar-refractivity contribution in [3.63, 3.8) is 0 Å². The lowest BCUT2D eigenvalue weighted by atomic mass is 9.34. The summed E-state index contributed by atoms with van der Waals surface area (Å²) in [5.41, 5.74) is 1.87. The van der Waals surface area contributed by atoms with Crippen LogP contribution in [0.1, 0.15) is 25.0 Å². The Hall–Kier alpha value is -1.84. The number of carboxylic acid groups (broad SMARTS) is 1. The molecule has 0 spiro atoms. The molecule has 0 atom stereocenters. The molecular formula is C14H14N2O2. The van der Waals surface area contributed by atoms with Crippen molar-refractivity contribution in [2.24, 2.45) is 12.5 Å². The molecule has 1 heterocycles. The van der Waals surface area contributed by atoms with E-state index in [4.69, 9.17) is 0 Å². The van der Waals surface area contributed by atoms with Gasteiger partial charge in [-0.3, -0.25) is 9.48 Å². The summed E-state index contributed by atoms with van der Waals surface area (Å²) in [6, 6.07) is 8.11. The first-order valence-corrected chi connectivity index (χ1v) is 6.22. The molecule has 2 aromatic rings. The van der Waals surface area contributed by atoms with Gasteiger partial charge in [0.15, 0.2) is 0 Å². The van der Waals surface area contributed by atoms with Gasteiger partial charge in [-0.1, -0.05) is 18.2 Å². The van der Waals surface area contributed by atoms with Crippen LogP contribution in [0, 0.1) is 5.41 Å². The highest BCUT2D eigenvalue weighted by molar-refractivity contribution is 5.86. The third kappa shape index (κ3) is 0.937. The zero-order chi connectivity index (χ0) is 12.5. The van der Waals surface area contributed by atoms with Crippen molar-refractivity contribution in [2.75, 3.05) is 0 Å². The maximum absolute atomic E-state index is 11.2. The first-order valence-electron chi connectivity index (χ1n) is 6.22. The topological polar surface area (TPSA) is 55.1 Å². The van der Waals surface area contributed by atoms with E-state index < -0.39 is 11.4 Å². The number of hydrogen-bond donors (Lipinski definition) is 1. The zero-order valence-electron chi connectivity index (χ0n) is 10.2. The summed E-state index contributed by atoms with van der Waals surface area (Å²) in [5.74, 6) is -0.629. The maximum atomic E-state index is 11.2. The molecule has 2 bridgehead atoms. The number of aliphatic carboxylic acids is 1. The van der Waals surface area contributed by atoms with Gasteiger partial charge in [0, 0.05) is 17.8 Å². The lowest BCUT2D eigenvalue weighted by Gasteiger charge is -2.68. The van der Waals surface area contributed by atoms with Crippen LogP contribution in [0.3, 0.4) is 0 Å². The number of carbonyl (C=O) groups is 1. The monoisotopic (exact) mass is 242 g/mol. The Kier molecular flexibility index (Phi) is 1.55. The number of carboxylic acids is 1. The number of aromatic nitrogens is 2. The Morgan fingerprint density at radius 3 is 2.67 bits per heavy atom. The molecule has 0 aliphatic heterocycles. The number of benzene rings is 1. The van der Waals surface area contributed by atoms with Gasteiger partial charge in [-0.15, -0.1) is 0 Å². The first-order chi connectivity index (χ1) is 8.56. The van der Waals surface area contributed by atoms with Crippen LogP contribution >= 0.6 is 0 Å². The van der Waals surface area contributed by atoms with E-state index in [-0.39, 0.29) is 5.41 Å². The summed E-state index contributed by atoms with van der Waals surface area (Å²) in [4.78, 5) is 11.2. The molecule has 1 aromatic heterocycles. The zero-order valence-corrected chi connectivity index (χ0v) is 10.2. The Morgan fingerprint density at radius 1 is 1.33 bits per heavy atom. The van der Waals surface area contributed by atoms with E-state index in [1.807, 2.05) is 29.9 Å². The Balaban J connectivity index is 1.82. The summed E-state index contributed by atoms with van der Waals surface area (Å²) in [6.07, 6.45) is 2.33. The van der Waals surface area contributed by atoms with Crippen LogP contribution in [-0.4, -0.2) is 20.9 Å². The van der Waals surface area contributed by atoms with E-state index in [0.717, 1.165) is 24.8 Å². The van der Waals surface area contributed by atoms with E-state index in [1.54, 1.807) is 0 Å². The Bertz CT molecular complexity index is 666. The smallest absolute Gasteiger partial charge is 0.309 e. The largest absolute Gasteiger partial charge is 0.481 e. The standard InChI is InChI=1S/C14H14N2O2/c1-16-11(9-4-2-3-5-10(9)15-16)13-6-14(7-13,8-13)12(17)18/h2-5H,6-8H2,1H3,(H,17,18). The van der Waals surface area contributed by atoms with Gasteiger partial charge in [-0.2, -0.15) is 5.10 Å². The van der Waals surface area contributed by atoms with Crippen LogP contribution < -0.4 is 0 Å². The van der Waals surface area contributed by atoms with Gasteiger partial charge in [0.2, 0.25) is 0 Å². The maximum Gasteiger partial charge on any atom is 0.309 e. The fraction of sp³-hybridized carbons (Fsp3) is 0.429. The highest BCUT2D eigenvalue weighted by Crippen LogP contribution is 2.74. The highest BCUT2D eigenvalue weighted by Gasteiger charge is 2.73. The molecule has 0 amide bonds. The van der Waals surface area contributed by atoms with Crippen LogP contribution in [0.15, 0.2) is 24.3 Å². The van der Waals surface area contributed by atoms with Crippen LogP contribution in [0.4, 0.5) is 0 Å². The number of hydrogen-bond acceptors (Lipinski definition) is 2. The average Bonchev–Trinajstić information content (AvgIpc) is 2.52. The molecular weight excluding hydrogens is 228 g/mol. The number of fused-ring (bicyclic) bond motifs is 1. The summed E-state index contributed by atoms with van der Waals surface area (Å²) in [6.45, 7) is 0. The molecule has 4 heteroatoms.